The van der Waals surface area contributed by atoms with E-state index in [-0.39, 0.29) is 22.5 Å². The predicted molar refractivity (Wildman–Crippen MR) is 54.9 cm³/mol. The van der Waals surface area contributed by atoms with Gasteiger partial charge in [0.15, 0.2) is 18.2 Å². The highest BCUT2D eigenvalue weighted by Crippen LogP contribution is 2.24. The summed E-state index contributed by atoms with van der Waals surface area (Å²) in [5.74, 6) is -0.274. The summed E-state index contributed by atoms with van der Waals surface area (Å²) in [6.07, 6.45) is 0.764. The quantitative estimate of drug-likeness (QED) is 0.603. The Bertz CT molecular complexity index is 639. The van der Waals surface area contributed by atoms with Crippen LogP contribution < -0.4 is 5.63 Å². The van der Waals surface area contributed by atoms with Gasteiger partial charge in [0, 0.05) is 5.39 Å². The van der Waals surface area contributed by atoms with Crippen LogP contribution in [-0.2, 0) is 0 Å². The molecule has 0 aliphatic rings. The number of phenols is 1. The van der Waals surface area contributed by atoms with E-state index in [1.807, 2.05) is 0 Å². The van der Waals surface area contributed by atoms with Crippen molar-refractivity contribution in [3.63, 3.8) is 0 Å². The summed E-state index contributed by atoms with van der Waals surface area (Å²) < 4.78 is 4.81. The van der Waals surface area contributed by atoms with Crippen molar-refractivity contribution in [2.45, 2.75) is 0 Å². The van der Waals surface area contributed by atoms with Gasteiger partial charge in [0.25, 0.3) is 0 Å². The molecule has 0 amide bonds. The van der Waals surface area contributed by atoms with Crippen molar-refractivity contribution in [2.24, 2.45) is 0 Å². The first-order valence-corrected chi connectivity index (χ1v) is 4.37. The molecule has 0 spiro atoms. The lowest BCUT2D eigenvalue weighted by molar-refractivity contribution is 0.111. The third-order valence-corrected chi connectivity index (χ3v) is 2.19. The maximum atomic E-state index is 11.2. The molecule has 0 radical (unpaired) electrons. The number of aldehydes is 2. The van der Waals surface area contributed by atoms with Crippen LogP contribution in [0.15, 0.2) is 27.4 Å². The molecule has 0 saturated carbocycles. The number of carbonyl (C=O) groups excluding carboxylic acids is 2. The fourth-order valence-corrected chi connectivity index (χ4v) is 1.41. The molecular weight excluding hydrogens is 212 g/mol. The molecule has 0 aliphatic heterocycles. The Morgan fingerprint density at radius 1 is 1.19 bits per heavy atom. The van der Waals surface area contributed by atoms with Gasteiger partial charge < -0.3 is 9.52 Å². The highest BCUT2D eigenvalue weighted by atomic mass is 16.4. The second-order valence-electron chi connectivity index (χ2n) is 3.14. The van der Waals surface area contributed by atoms with Gasteiger partial charge in [-0.3, -0.25) is 9.59 Å². The monoisotopic (exact) mass is 218 g/mol. The van der Waals surface area contributed by atoms with E-state index in [9.17, 15) is 19.5 Å². The van der Waals surface area contributed by atoms with Crippen LogP contribution in [0.1, 0.15) is 20.7 Å². The van der Waals surface area contributed by atoms with E-state index in [2.05, 4.69) is 0 Å². The molecule has 5 nitrogen and oxygen atoms in total. The molecule has 0 saturated heterocycles. The van der Waals surface area contributed by atoms with E-state index in [1.165, 1.54) is 18.2 Å². The second kappa shape index (κ2) is 3.62. The summed E-state index contributed by atoms with van der Waals surface area (Å²) in [5, 5.41) is 9.77. The molecule has 0 aliphatic carbocycles. The van der Waals surface area contributed by atoms with Crippen molar-refractivity contribution in [3.05, 3.63) is 39.7 Å². The molecule has 1 aromatic heterocycles. The fourth-order valence-electron chi connectivity index (χ4n) is 1.41. The van der Waals surface area contributed by atoms with E-state index in [0.717, 1.165) is 0 Å². The van der Waals surface area contributed by atoms with Gasteiger partial charge in [-0.25, -0.2) is 4.79 Å². The Balaban J connectivity index is 2.95. The first kappa shape index (κ1) is 10.1. The molecule has 0 fully saturated rings. The lowest BCUT2D eigenvalue weighted by Crippen LogP contribution is -2.06. The number of carbonyl (C=O) groups is 2. The van der Waals surface area contributed by atoms with Crippen molar-refractivity contribution in [2.75, 3.05) is 0 Å². The molecule has 0 atom stereocenters. The van der Waals surface area contributed by atoms with Gasteiger partial charge >= 0.3 is 5.63 Å². The summed E-state index contributed by atoms with van der Waals surface area (Å²) in [5.41, 5.74) is -1.09. The first-order valence-electron chi connectivity index (χ1n) is 4.37. The standard InChI is InChI=1S/C11H6O5/c12-4-7-3-6-1-2-9(14)8(5-13)10(6)16-11(7)15/h1-5,14H. The predicted octanol–water partition coefficient (Wildman–Crippen LogP) is 1.12. The van der Waals surface area contributed by atoms with Crippen molar-refractivity contribution in [3.8, 4) is 5.75 Å². The molecule has 1 aromatic carbocycles. The maximum absolute atomic E-state index is 11.2. The molecule has 2 aromatic rings. The lowest BCUT2D eigenvalue weighted by Gasteiger charge is -2.01. The van der Waals surface area contributed by atoms with Crippen LogP contribution in [0.5, 0.6) is 5.75 Å². The summed E-state index contributed by atoms with van der Waals surface area (Å²) in [6.45, 7) is 0. The Hall–Kier alpha value is -2.43. The van der Waals surface area contributed by atoms with Crippen LogP contribution in [0.2, 0.25) is 0 Å². The summed E-state index contributed by atoms with van der Waals surface area (Å²) in [6, 6.07) is 4.05. The van der Waals surface area contributed by atoms with Gasteiger partial charge in [0.2, 0.25) is 0 Å². The molecule has 0 bridgehead atoms. The third kappa shape index (κ3) is 1.38. The van der Waals surface area contributed by atoms with Gasteiger partial charge in [0.05, 0.1) is 5.56 Å². The van der Waals surface area contributed by atoms with Crippen molar-refractivity contribution >= 4 is 23.5 Å². The number of fused-ring (bicyclic) bond motifs is 1. The highest BCUT2D eigenvalue weighted by Gasteiger charge is 2.11. The Kier molecular flexibility index (Phi) is 2.28. The van der Waals surface area contributed by atoms with Crippen LogP contribution in [-0.4, -0.2) is 17.7 Å². The molecule has 80 valence electrons. The molecule has 0 unspecified atom stereocenters. The topological polar surface area (TPSA) is 84.6 Å². The van der Waals surface area contributed by atoms with Crippen molar-refractivity contribution < 1.29 is 19.1 Å². The normalized spacial score (nSPS) is 10.2. The first-order chi connectivity index (χ1) is 7.67. The third-order valence-electron chi connectivity index (χ3n) is 2.19. The largest absolute Gasteiger partial charge is 0.507 e. The van der Waals surface area contributed by atoms with Crippen LogP contribution in [0.25, 0.3) is 11.0 Å². The summed E-state index contributed by atoms with van der Waals surface area (Å²) in [4.78, 5) is 32.5. The molecule has 16 heavy (non-hydrogen) atoms. The SMILES string of the molecule is O=Cc1cc2ccc(O)c(C=O)c2oc1=O. The van der Waals surface area contributed by atoms with Gasteiger partial charge in [0.1, 0.15) is 11.3 Å². The number of phenolic OH excluding ortho intramolecular Hbond substituents is 1. The number of hydrogen-bond donors (Lipinski definition) is 1. The molecule has 1 heterocycles. The van der Waals surface area contributed by atoms with Gasteiger partial charge in [-0.05, 0) is 18.2 Å². The van der Waals surface area contributed by atoms with Crippen molar-refractivity contribution in [1.29, 1.82) is 0 Å². The minimum Gasteiger partial charge on any atom is -0.507 e. The van der Waals surface area contributed by atoms with Crippen LogP contribution in [0, 0.1) is 0 Å². The van der Waals surface area contributed by atoms with Gasteiger partial charge in [-0.1, -0.05) is 0 Å². The molecule has 1 N–H and O–H groups in total. The Morgan fingerprint density at radius 2 is 1.94 bits per heavy atom. The highest BCUT2D eigenvalue weighted by molar-refractivity contribution is 5.98. The zero-order chi connectivity index (χ0) is 11.7. The fraction of sp³-hybridized carbons (Fsp3) is 0. The van der Waals surface area contributed by atoms with E-state index in [0.29, 0.717) is 18.0 Å². The average molecular weight is 218 g/mol. The van der Waals surface area contributed by atoms with Crippen LogP contribution >= 0.6 is 0 Å². The zero-order valence-electron chi connectivity index (χ0n) is 7.97. The second-order valence-corrected chi connectivity index (χ2v) is 3.14. The maximum Gasteiger partial charge on any atom is 0.346 e. The van der Waals surface area contributed by atoms with E-state index < -0.39 is 5.63 Å². The van der Waals surface area contributed by atoms with E-state index >= 15 is 0 Å². The summed E-state index contributed by atoms with van der Waals surface area (Å²) >= 11 is 0. The minimum absolute atomic E-state index is 0.0226. The van der Waals surface area contributed by atoms with E-state index in [1.54, 1.807) is 0 Å². The number of aromatic hydroxyl groups is 1. The smallest absolute Gasteiger partial charge is 0.346 e. The van der Waals surface area contributed by atoms with E-state index in [4.69, 9.17) is 4.42 Å². The Labute approximate surface area is 88.9 Å². The number of rotatable bonds is 2. The van der Waals surface area contributed by atoms with Crippen molar-refractivity contribution in [1.82, 2.24) is 0 Å². The van der Waals surface area contributed by atoms with Crippen LogP contribution in [0.3, 0.4) is 0 Å². The molecular formula is C11H6O5. The number of benzene rings is 1. The Morgan fingerprint density at radius 3 is 2.56 bits per heavy atom. The lowest BCUT2D eigenvalue weighted by atomic mass is 10.1. The zero-order valence-corrected chi connectivity index (χ0v) is 7.97. The number of hydrogen-bond acceptors (Lipinski definition) is 5. The van der Waals surface area contributed by atoms with Gasteiger partial charge in [-0.15, -0.1) is 0 Å². The van der Waals surface area contributed by atoms with Crippen LogP contribution in [0.4, 0.5) is 0 Å². The summed E-state index contributed by atoms with van der Waals surface area (Å²) in [7, 11) is 0. The average Bonchev–Trinajstić information content (AvgIpc) is 2.28. The van der Waals surface area contributed by atoms with Gasteiger partial charge in [-0.2, -0.15) is 0 Å². The minimum atomic E-state index is -0.837. The molecule has 2 rings (SSSR count). The molecule has 5 heteroatoms.